The summed E-state index contributed by atoms with van der Waals surface area (Å²) in [5.74, 6) is 0.194. The molecule has 5 heteroatoms. The first-order valence-electron chi connectivity index (χ1n) is 7.17. The van der Waals surface area contributed by atoms with Crippen LogP contribution in [0.15, 0.2) is 18.2 Å². The Kier molecular flexibility index (Phi) is 3.69. The third kappa shape index (κ3) is 2.82. The monoisotopic (exact) mass is 273 g/mol. The van der Waals surface area contributed by atoms with Gasteiger partial charge in [-0.05, 0) is 49.6 Å². The second kappa shape index (κ2) is 5.63. The summed E-state index contributed by atoms with van der Waals surface area (Å²) < 4.78 is 0. The van der Waals surface area contributed by atoms with E-state index in [0.29, 0.717) is 6.42 Å². The van der Waals surface area contributed by atoms with Crippen molar-refractivity contribution in [3.05, 3.63) is 23.8 Å². The summed E-state index contributed by atoms with van der Waals surface area (Å²) >= 11 is 0. The number of hydrogen-bond donors (Lipinski definition) is 3. The molecule has 2 aliphatic heterocycles. The molecule has 0 spiro atoms. The first-order valence-corrected chi connectivity index (χ1v) is 7.17. The van der Waals surface area contributed by atoms with E-state index in [4.69, 9.17) is 0 Å². The Labute approximate surface area is 118 Å². The number of fused-ring (bicyclic) bond motifs is 1. The number of carbonyl (C=O) groups is 2. The van der Waals surface area contributed by atoms with Crippen molar-refractivity contribution in [2.45, 2.75) is 25.7 Å². The molecule has 2 heterocycles. The standard InChI is InChI=1S/C15H19N3O2/c19-14-6-3-10-8-12(4-5-13(10)18-14)17-15(20)11-2-1-7-16-9-11/h4-5,8,11,16H,1-3,6-7,9H2,(H,17,20)(H,18,19)/t11-/m0/s1. The van der Waals surface area contributed by atoms with Gasteiger partial charge in [0.05, 0.1) is 5.92 Å². The van der Waals surface area contributed by atoms with Crippen LogP contribution in [0.2, 0.25) is 0 Å². The zero-order valence-electron chi connectivity index (χ0n) is 11.4. The highest BCUT2D eigenvalue weighted by Crippen LogP contribution is 2.26. The zero-order chi connectivity index (χ0) is 13.9. The molecule has 0 aromatic heterocycles. The number of benzene rings is 1. The Balaban J connectivity index is 1.68. The predicted octanol–water partition coefficient (Wildman–Crippen LogP) is 1.51. The van der Waals surface area contributed by atoms with Crippen molar-refractivity contribution in [3.63, 3.8) is 0 Å². The number of piperidine rings is 1. The maximum Gasteiger partial charge on any atom is 0.228 e. The highest BCUT2D eigenvalue weighted by atomic mass is 16.2. The van der Waals surface area contributed by atoms with Gasteiger partial charge >= 0.3 is 0 Å². The summed E-state index contributed by atoms with van der Waals surface area (Å²) in [6, 6.07) is 5.67. The highest BCUT2D eigenvalue weighted by molar-refractivity contribution is 5.96. The first kappa shape index (κ1) is 13.1. The molecule has 0 radical (unpaired) electrons. The van der Waals surface area contributed by atoms with Crippen molar-refractivity contribution in [3.8, 4) is 0 Å². The zero-order valence-corrected chi connectivity index (χ0v) is 11.4. The maximum atomic E-state index is 12.2. The van der Waals surface area contributed by atoms with E-state index in [1.165, 1.54) is 0 Å². The normalized spacial score (nSPS) is 21.8. The molecular weight excluding hydrogens is 254 g/mol. The average molecular weight is 273 g/mol. The molecular formula is C15H19N3O2. The van der Waals surface area contributed by atoms with E-state index in [2.05, 4.69) is 16.0 Å². The van der Waals surface area contributed by atoms with E-state index in [1.807, 2.05) is 18.2 Å². The molecule has 1 saturated heterocycles. The van der Waals surface area contributed by atoms with Gasteiger partial charge in [-0.1, -0.05) is 0 Å². The third-order valence-electron chi connectivity index (χ3n) is 3.94. The molecule has 3 rings (SSSR count). The Morgan fingerprint density at radius 2 is 2.20 bits per heavy atom. The second-order valence-corrected chi connectivity index (χ2v) is 5.45. The van der Waals surface area contributed by atoms with Crippen LogP contribution < -0.4 is 16.0 Å². The minimum Gasteiger partial charge on any atom is -0.326 e. The lowest BCUT2D eigenvalue weighted by Crippen LogP contribution is -2.37. The summed E-state index contributed by atoms with van der Waals surface area (Å²) in [7, 11) is 0. The number of rotatable bonds is 2. The molecule has 2 amide bonds. The minimum absolute atomic E-state index is 0.0551. The van der Waals surface area contributed by atoms with E-state index in [0.717, 1.165) is 49.3 Å². The SMILES string of the molecule is O=C1CCc2cc(NC(=O)[C@H]3CCCNC3)ccc2N1. The smallest absolute Gasteiger partial charge is 0.228 e. The van der Waals surface area contributed by atoms with E-state index in [9.17, 15) is 9.59 Å². The molecule has 2 aliphatic rings. The lowest BCUT2D eigenvalue weighted by molar-refractivity contribution is -0.120. The van der Waals surface area contributed by atoms with Crippen molar-refractivity contribution < 1.29 is 9.59 Å². The Hall–Kier alpha value is -1.88. The first-order chi connectivity index (χ1) is 9.72. The van der Waals surface area contributed by atoms with E-state index >= 15 is 0 Å². The summed E-state index contributed by atoms with van der Waals surface area (Å²) in [4.78, 5) is 23.5. The van der Waals surface area contributed by atoms with Crippen LogP contribution >= 0.6 is 0 Å². The Bertz CT molecular complexity index is 536. The van der Waals surface area contributed by atoms with E-state index < -0.39 is 0 Å². The summed E-state index contributed by atoms with van der Waals surface area (Å²) in [5.41, 5.74) is 2.76. The van der Waals surface area contributed by atoms with Crippen LogP contribution in [-0.4, -0.2) is 24.9 Å². The van der Waals surface area contributed by atoms with Crippen LogP contribution in [0.5, 0.6) is 0 Å². The molecule has 0 unspecified atom stereocenters. The van der Waals surface area contributed by atoms with Crippen molar-refractivity contribution in [2.24, 2.45) is 5.92 Å². The van der Waals surface area contributed by atoms with Crippen molar-refractivity contribution in [1.29, 1.82) is 0 Å². The van der Waals surface area contributed by atoms with Crippen molar-refractivity contribution >= 4 is 23.2 Å². The molecule has 0 aliphatic carbocycles. The van der Waals surface area contributed by atoms with Gasteiger partial charge in [0, 0.05) is 24.3 Å². The van der Waals surface area contributed by atoms with Gasteiger partial charge in [0.2, 0.25) is 11.8 Å². The van der Waals surface area contributed by atoms with Gasteiger partial charge in [0.25, 0.3) is 0 Å². The molecule has 3 N–H and O–H groups in total. The number of anilines is 2. The van der Waals surface area contributed by atoms with Gasteiger partial charge < -0.3 is 16.0 Å². The van der Waals surface area contributed by atoms with Gasteiger partial charge in [0.15, 0.2) is 0 Å². The fourth-order valence-corrected chi connectivity index (χ4v) is 2.78. The van der Waals surface area contributed by atoms with Crippen LogP contribution in [0.4, 0.5) is 11.4 Å². The molecule has 0 saturated carbocycles. The van der Waals surface area contributed by atoms with Gasteiger partial charge in [-0.2, -0.15) is 0 Å². The molecule has 1 fully saturated rings. The lowest BCUT2D eigenvalue weighted by Gasteiger charge is -2.22. The van der Waals surface area contributed by atoms with Crippen molar-refractivity contribution in [2.75, 3.05) is 23.7 Å². The molecule has 0 bridgehead atoms. The summed E-state index contributed by atoms with van der Waals surface area (Å²) in [5, 5.41) is 9.07. The summed E-state index contributed by atoms with van der Waals surface area (Å²) in [6.45, 7) is 1.76. The molecule has 20 heavy (non-hydrogen) atoms. The molecule has 1 aromatic rings. The van der Waals surface area contributed by atoms with Crippen molar-refractivity contribution in [1.82, 2.24) is 5.32 Å². The fraction of sp³-hybridized carbons (Fsp3) is 0.467. The number of carbonyl (C=O) groups excluding carboxylic acids is 2. The van der Waals surface area contributed by atoms with Crippen LogP contribution in [0.3, 0.4) is 0 Å². The van der Waals surface area contributed by atoms with Crippen LogP contribution in [0.25, 0.3) is 0 Å². The molecule has 106 valence electrons. The average Bonchev–Trinajstić information content (AvgIpc) is 2.48. The Morgan fingerprint density at radius 3 is 3.00 bits per heavy atom. The fourth-order valence-electron chi connectivity index (χ4n) is 2.78. The Morgan fingerprint density at radius 1 is 1.30 bits per heavy atom. The lowest BCUT2D eigenvalue weighted by atomic mass is 9.98. The number of amides is 2. The van der Waals surface area contributed by atoms with Gasteiger partial charge in [-0.25, -0.2) is 0 Å². The third-order valence-corrected chi connectivity index (χ3v) is 3.94. The predicted molar refractivity (Wildman–Crippen MR) is 77.6 cm³/mol. The number of aryl methyl sites for hydroxylation is 1. The quantitative estimate of drug-likeness (QED) is 0.765. The van der Waals surface area contributed by atoms with E-state index in [1.54, 1.807) is 0 Å². The summed E-state index contributed by atoms with van der Waals surface area (Å²) in [6.07, 6.45) is 3.24. The van der Waals surface area contributed by atoms with Gasteiger partial charge in [-0.15, -0.1) is 0 Å². The highest BCUT2D eigenvalue weighted by Gasteiger charge is 2.21. The van der Waals surface area contributed by atoms with Crippen LogP contribution in [-0.2, 0) is 16.0 Å². The number of hydrogen-bond acceptors (Lipinski definition) is 3. The molecule has 1 atom stereocenters. The number of nitrogens with one attached hydrogen (secondary N) is 3. The topological polar surface area (TPSA) is 70.2 Å². The second-order valence-electron chi connectivity index (χ2n) is 5.45. The van der Waals surface area contributed by atoms with Gasteiger partial charge in [-0.3, -0.25) is 9.59 Å². The molecule has 1 aromatic carbocycles. The minimum atomic E-state index is 0.0551. The molecule has 5 nitrogen and oxygen atoms in total. The van der Waals surface area contributed by atoms with E-state index in [-0.39, 0.29) is 17.7 Å². The maximum absolute atomic E-state index is 12.2. The largest absolute Gasteiger partial charge is 0.326 e. The van der Waals surface area contributed by atoms with Crippen LogP contribution in [0.1, 0.15) is 24.8 Å². The van der Waals surface area contributed by atoms with Gasteiger partial charge in [0.1, 0.15) is 0 Å². The van der Waals surface area contributed by atoms with Crippen LogP contribution in [0, 0.1) is 5.92 Å².